The largest absolute Gasteiger partial charge is 0.497 e. The molecule has 0 saturated heterocycles. The summed E-state index contributed by atoms with van der Waals surface area (Å²) in [5.74, 6) is -0.0419. The summed E-state index contributed by atoms with van der Waals surface area (Å²) in [6.07, 6.45) is 0.246. The fraction of sp³-hybridized carbons (Fsp3) is 0.200. The normalized spacial score (nSPS) is 10.8. The Balaban J connectivity index is 2.42. The number of methoxy groups -OCH3 is 1. The molecule has 0 fully saturated rings. The predicted octanol–water partition coefficient (Wildman–Crippen LogP) is 2.94. The third-order valence-electron chi connectivity index (χ3n) is 4.23. The van der Waals surface area contributed by atoms with Gasteiger partial charge in [-0.25, -0.2) is 9.37 Å². The Morgan fingerprint density at radius 1 is 1.23 bits per heavy atom. The molecular weight excluding hydrogens is 335 g/mol. The number of nitrogens with one attached hydrogen (secondary N) is 1. The summed E-state index contributed by atoms with van der Waals surface area (Å²) in [5, 5.41) is 12.9. The molecule has 1 heterocycles. The molecule has 0 aliphatic carbocycles. The van der Waals surface area contributed by atoms with E-state index >= 15 is 0 Å². The minimum atomic E-state index is -0.347. The summed E-state index contributed by atoms with van der Waals surface area (Å²) in [5.41, 5.74) is 2.95. The number of amides is 1. The van der Waals surface area contributed by atoms with E-state index in [1.807, 2.05) is 6.07 Å². The number of nitrogens with zero attached hydrogens (tertiary/aromatic N) is 1. The first-order valence-electron chi connectivity index (χ1n) is 8.18. The number of ether oxygens (including phenoxy) is 1. The second-order valence-electron chi connectivity index (χ2n) is 5.76. The lowest BCUT2D eigenvalue weighted by Gasteiger charge is -2.17. The Morgan fingerprint density at radius 3 is 2.58 bits per heavy atom. The van der Waals surface area contributed by atoms with Crippen molar-refractivity contribution in [1.82, 2.24) is 10.3 Å². The summed E-state index contributed by atoms with van der Waals surface area (Å²) in [4.78, 5) is 16.9. The molecule has 0 bridgehead atoms. The Morgan fingerprint density at radius 2 is 1.96 bits per heavy atom. The van der Waals surface area contributed by atoms with Crippen LogP contribution in [0.1, 0.15) is 16.1 Å². The average molecular weight is 354 g/mol. The zero-order valence-electron chi connectivity index (χ0n) is 14.5. The van der Waals surface area contributed by atoms with Crippen molar-refractivity contribution in [2.75, 3.05) is 20.8 Å². The maximum absolute atomic E-state index is 13.4. The standard InChI is InChI=1S/C20H19FN2O3/c1-22-20(25)19-15(9-10-24)18(12-3-5-13(21)6-4-12)16-11-14(26-2)7-8-17(16)23-19/h3-8,11,24H,9-10H2,1-2H3,(H,22,25). The van der Waals surface area contributed by atoms with Gasteiger partial charge in [-0.3, -0.25) is 4.79 Å². The quantitative estimate of drug-likeness (QED) is 0.739. The van der Waals surface area contributed by atoms with Gasteiger partial charge in [0.25, 0.3) is 5.91 Å². The lowest BCUT2D eigenvalue weighted by atomic mass is 9.92. The zero-order valence-corrected chi connectivity index (χ0v) is 14.5. The lowest BCUT2D eigenvalue weighted by Crippen LogP contribution is -2.22. The van der Waals surface area contributed by atoms with Gasteiger partial charge in [-0.2, -0.15) is 0 Å². The van der Waals surface area contributed by atoms with E-state index < -0.39 is 0 Å². The van der Waals surface area contributed by atoms with E-state index in [2.05, 4.69) is 10.3 Å². The highest BCUT2D eigenvalue weighted by molar-refractivity contribution is 6.04. The van der Waals surface area contributed by atoms with Gasteiger partial charge in [0.1, 0.15) is 17.3 Å². The van der Waals surface area contributed by atoms with E-state index in [0.29, 0.717) is 16.8 Å². The Kier molecular flexibility index (Phi) is 5.14. The van der Waals surface area contributed by atoms with Crippen LogP contribution in [-0.4, -0.2) is 36.8 Å². The van der Waals surface area contributed by atoms with Crippen molar-refractivity contribution in [2.45, 2.75) is 6.42 Å². The first-order chi connectivity index (χ1) is 12.6. The molecule has 0 aliphatic rings. The number of benzene rings is 2. The monoisotopic (exact) mass is 354 g/mol. The molecule has 0 aliphatic heterocycles. The van der Waals surface area contributed by atoms with Gasteiger partial charge in [0, 0.05) is 19.0 Å². The van der Waals surface area contributed by atoms with Crippen LogP contribution in [0.4, 0.5) is 4.39 Å². The molecule has 0 atom stereocenters. The van der Waals surface area contributed by atoms with Crippen LogP contribution in [0.5, 0.6) is 5.75 Å². The van der Waals surface area contributed by atoms with Crippen LogP contribution >= 0.6 is 0 Å². The summed E-state index contributed by atoms with van der Waals surface area (Å²) in [6, 6.07) is 11.4. The molecule has 2 N–H and O–H groups in total. The van der Waals surface area contributed by atoms with Crippen LogP contribution in [0.2, 0.25) is 0 Å². The van der Waals surface area contributed by atoms with Crippen molar-refractivity contribution in [3.63, 3.8) is 0 Å². The van der Waals surface area contributed by atoms with E-state index in [-0.39, 0.29) is 30.4 Å². The molecule has 6 heteroatoms. The highest BCUT2D eigenvalue weighted by Crippen LogP contribution is 2.35. The number of pyridine rings is 1. The topological polar surface area (TPSA) is 71.5 Å². The van der Waals surface area contributed by atoms with E-state index in [1.165, 1.54) is 19.2 Å². The zero-order chi connectivity index (χ0) is 18.7. The van der Waals surface area contributed by atoms with Crippen LogP contribution in [0.15, 0.2) is 42.5 Å². The number of hydrogen-bond donors (Lipinski definition) is 2. The first-order valence-corrected chi connectivity index (χ1v) is 8.18. The van der Waals surface area contributed by atoms with Gasteiger partial charge >= 0.3 is 0 Å². The molecule has 2 aromatic carbocycles. The van der Waals surface area contributed by atoms with Gasteiger partial charge in [0.15, 0.2) is 0 Å². The number of carbonyl (C=O) groups is 1. The van der Waals surface area contributed by atoms with Crippen molar-refractivity contribution in [3.8, 4) is 16.9 Å². The van der Waals surface area contributed by atoms with Crippen LogP contribution in [0.25, 0.3) is 22.0 Å². The minimum absolute atomic E-state index is 0.144. The fourth-order valence-electron chi connectivity index (χ4n) is 3.02. The highest BCUT2D eigenvalue weighted by atomic mass is 19.1. The number of aliphatic hydroxyl groups excluding tert-OH is 1. The highest BCUT2D eigenvalue weighted by Gasteiger charge is 2.20. The van der Waals surface area contributed by atoms with E-state index in [4.69, 9.17) is 4.74 Å². The number of rotatable bonds is 5. The molecule has 0 saturated carbocycles. The average Bonchev–Trinajstić information content (AvgIpc) is 2.67. The second-order valence-corrected chi connectivity index (χ2v) is 5.76. The molecule has 3 rings (SSSR count). The molecule has 1 amide bonds. The molecule has 5 nitrogen and oxygen atoms in total. The fourth-order valence-corrected chi connectivity index (χ4v) is 3.02. The molecule has 0 spiro atoms. The van der Waals surface area contributed by atoms with Crippen molar-refractivity contribution in [1.29, 1.82) is 0 Å². The molecule has 0 radical (unpaired) electrons. The Hall–Kier alpha value is -2.99. The van der Waals surface area contributed by atoms with E-state index in [9.17, 15) is 14.3 Å². The van der Waals surface area contributed by atoms with Crippen LogP contribution in [0.3, 0.4) is 0 Å². The number of aromatic nitrogens is 1. The summed E-state index contributed by atoms with van der Waals surface area (Å²) < 4.78 is 18.7. The summed E-state index contributed by atoms with van der Waals surface area (Å²) in [6.45, 7) is -0.144. The van der Waals surface area contributed by atoms with Gasteiger partial charge < -0.3 is 15.2 Å². The smallest absolute Gasteiger partial charge is 0.269 e. The SMILES string of the molecule is CNC(=O)c1nc2ccc(OC)cc2c(-c2ccc(F)cc2)c1CCO. The Labute approximate surface area is 150 Å². The molecule has 0 unspecified atom stereocenters. The lowest BCUT2D eigenvalue weighted by molar-refractivity contribution is 0.0957. The van der Waals surface area contributed by atoms with Crippen molar-refractivity contribution >= 4 is 16.8 Å². The summed E-state index contributed by atoms with van der Waals surface area (Å²) in [7, 11) is 3.10. The van der Waals surface area contributed by atoms with Gasteiger partial charge in [-0.15, -0.1) is 0 Å². The first kappa shape index (κ1) is 17.8. The maximum Gasteiger partial charge on any atom is 0.269 e. The Bertz CT molecular complexity index is 955. The maximum atomic E-state index is 13.4. The van der Waals surface area contributed by atoms with E-state index in [1.54, 1.807) is 31.4 Å². The number of fused-ring (bicyclic) bond motifs is 1. The van der Waals surface area contributed by atoms with Crippen molar-refractivity contribution < 1.29 is 19.0 Å². The number of carbonyl (C=O) groups excluding carboxylic acids is 1. The summed E-state index contributed by atoms with van der Waals surface area (Å²) >= 11 is 0. The number of hydrogen-bond acceptors (Lipinski definition) is 4. The van der Waals surface area contributed by atoms with Gasteiger partial charge in [0.2, 0.25) is 0 Å². The van der Waals surface area contributed by atoms with Gasteiger partial charge in [-0.1, -0.05) is 12.1 Å². The van der Waals surface area contributed by atoms with E-state index in [0.717, 1.165) is 16.5 Å². The van der Waals surface area contributed by atoms with Crippen LogP contribution in [0, 0.1) is 5.82 Å². The van der Waals surface area contributed by atoms with Gasteiger partial charge in [-0.05, 0) is 53.4 Å². The van der Waals surface area contributed by atoms with Gasteiger partial charge in [0.05, 0.1) is 12.6 Å². The molecular formula is C20H19FN2O3. The number of aliphatic hydroxyl groups is 1. The minimum Gasteiger partial charge on any atom is -0.497 e. The van der Waals surface area contributed by atoms with Crippen LogP contribution in [-0.2, 0) is 6.42 Å². The molecule has 3 aromatic rings. The van der Waals surface area contributed by atoms with Crippen LogP contribution < -0.4 is 10.1 Å². The number of halogens is 1. The molecule has 134 valence electrons. The predicted molar refractivity (Wildman–Crippen MR) is 97.9 cm³/mol. The van der Waals surface area contributed by atoms with Crippen molar-refractivity contribution in [2.24, 2.45) is 0 Å². The second kappa shape index (κ2) is 7.49. The molecule has 26 heavy (non-hydrogen) atoms. The third-order valence-corrected chi connectivity index (χ3v) is 4.23. The third kappa shape index (κ3) is 3.23. The van der Waals surface area contributed by atoms with Crippen molar-refractivity contribution in [3.05, 3.63) is 59.5 Å². The molecule has 1 aromatic heterocycles.